The van der Waals surface area contributed by atoms with Crippen molar-refractivity contribution < 1.29 is 24.6 Å². The van der Waals surface area contributed by atoms with Gasteiger partial charge in [0.25, 0.3) is 0 Å². The zero-order valence-corrected chi connectivity index (χ0v) is 12.3. The van der Waals surface area contributed by atoms with Gasteiger partial charge < -0.3 is 26.6 Å². The summed E-state index contributed by atoms with van der Waals surface area (Å²) in [6.45, 7) is 0.791. The third-order valence-corrected chi connectivity index (χ3v) is 3.10. The van der Waals surface area contributed by atoms with Crippen LogP contribution in [0.2, 0.25) is 0 Å². The summed E-state index contributed by atoms with van der Waals surface area (Å²) < 4.78 is 0. The summed E-state index contributed by atoms with van der Waals surface area (Å²) in [4.78, 5) is 34.2. The molecular weight excluding hydrogens is 286 g/mol. The largest absolute Gasteiger partial charge is 0.480 e. The molecular formula is C11H21N3O5S. The van der Waals surface area contributed by atoms with Crippen LogP contribution in [0.3, 0.4) is 0 Å². The normalized spacial score (nSPS) is 15.0. The van der Waals surface area contributed by atoms with Gasteiger partial charge in [0, 0.05) is 0 Å². The summed E-state index contributed by atoms with van der Waals surface area (Å²) in [5.41, 5.74) is 5.33. The lowest BCUT2D eigenvalue weighted by Crippen LogP contribution is -2.55. The van der Waals surface area contributed by atoms with Crippen LogP contribution in [0.4, 0.5) is 0 Å². The van der Waals surface area contributed by atoms with Crippen molar-refractivity contribution in [3.63, 3.8) is 0 Å². The molecule has 3 unspecified atom stereocenters. The summed E-state index contributed by atoms with van der Waals surface area (Å²) >= 11 is 1.45. The monoisotopic (exact) mass is 307 g/mol. The number of nitrogens with one attached hydrogen (secondary N) is 2. The van der Waals surface area contributed by atoms with Crippen LogP contribution in [-0.2, 0) is 14.4 Å². The Morgan fingerprint density at radius 2 is 1.75 bits per heavy atom. The standard InChI is InChI=1S/C11H21N3O5S/c1-6(12)9(16)14-8(5-15)10(17)13-7(11(18)19)3-4-20-2/h6-8,15H,3-5,12H2,1-2H3,(H,13,17)(H,14,16)(H,18,19). The smallest absolute Gasteiger partial charge is 0.326 e. The Balaban J connectivity index is 4.58. The summed E-state index contributed by atoms with van der Waals surface area (Å²) in [6.07, 6.45) is 2.07. The number of hydrogen-bond acceptors (Lipinski definition) is 6. The third kappa shape index (κ3) is 6.73. The van der Waals surface area contributed by atoms with Crippen molar-refractivity contribution in [3.05, 3.63) is 0 Å². The van der Waals surface area contributed by atoms with Gasteiger partial charge in [-0.05, 0) is 25.4 Å². The molecule has 0 aromatic carbocycles. The van der Waals surface area contributed by atoms with Gasteiger partial charge in [-0.15, -0.1) is 0 Å². The van der Waals surface area contributed by atoms with E-state index in [1.54, 1.807) is 0 Å². The molecule has 3 atom stereocenters. The van der Waals surface area contributed by atoms with Crippen LogP contribution in [0.1, 0.15) is 13.3 Å². The molecule has 116 valence electrons. The maximum absolute atomic E-state index is 11.8. The summed E-state index contributed by atoms with van der Waals surface area (Å²) in [6, 6.07) is -3.11. The minimum absolute atomic E-state index is 0.252. The van der Waals surface area contributed by atoms with Crippen molar-refractivity contribution in [2.75, 3.05) is 18.6 Å². The predicted octanol–water partition coefficient (Wildman–Crippen LogP) is -1.87. The molecule has 20 heavy (non-hydrogen) atoms. The Hall–Kier alpha value is -1.32. The first-order valence-electron chi connectivity index (χ1n) is 6.02. The predicted molar refractivity (Wildman–Crippen MR) is 75.2 cm³/mol. The molecule has 6 N–H and O–H groups in total. The highest BCUT2D eigenvalue weighted by Crippen LogP contribution is 2.01. The molecule has 0 heterocycles. The van der Waals surface area contributed by atoms with Crippen LogP contribution in [0.15, 0.2) is 0 Å². The molecule has 2 amide bonds. The second-order valence-corrected chi connectivity index (χ2v) is 5.20. The topological polar surface area (TPSA) is 142 Å². The van der Waals surface area contributed by atoms with Gasteiger partial charge in [-0.2, -0.15) is 11.8 Å². The number of rotatable bonds is 9. The lowest BCUT2D eigenvalue weighted by molar-refractivity contribution is -0.142. The number of hydrogen-bond donors (Lipinski definition) is 5. The van der Waals surface area contributed by atoms with Gasteiger partial charge >= 0.3 is 5.97 Å². The molecule has 0 saturated carbocycles. The lowest BCUT2D eigenvalue weighted by atomic mass is 10.2. The maximum atomic E-state index is 11.8. The first kappa shape index (κ1) is 18.7. The number of nitrogens with two attached hydrogens (primary N) is 1. The first-order valence-corrected chi connectivity index (χ1v) is 7.41. The number of thioether (sulfide) groups is 1. The molecule has 0 saturated heterocycles. The molecule has 0 radical (unpaired) electrons. The Morgan fingerprint density at radius 3 is 2.15 bits per heavy atom. The number of aliphatic hydroxyl groups excluding tert-OH is 1. The number of carbonyl (C=O) groups is 3. The van der Waals surface area contributed by atoms with E-state index in [9.17, 15) is 14.4 Å². The van der Waals surface area contributed by atoms with Crippen LogP contribution in [0.25, 0.3) is 0 Å². The Morgan fingerprint density at radius 1 is 1.20 bits per heavy atom. The van der Waals surface area contributed by atoms with Crippen molar-refractivity contribution in [3.8, 4) is 0 Å². The number of aliphatic carboxylic acids is 1. The molecule has 0 spiro atoms. The minimum atomic E-state index is -1.22. The van der Waals surface area contributed by atoms with E-state index in [1.807, 2.05) is 6.26 Å². The summed E-state index contributed by atoms with van der Waals surface area (Å²) in [5, 5.41) is 22.6. The molecule has 0 aromatic heterocycles. The van der Waals surface area contributed by atoms with Crippen molar-refractivity contribution in [2.45, 2.75) is 31.5 Å². The van der Waals surface area contributed by atoms with Gasteiger partial charge in [0.05, 0.1) is 12.6 Å². The average Bonchev–Trinajstić information content (AvgIpc) is 2.39. The zero-order valence-electron chi connectivity index (χ0n) is 11.5. The van der Waals surface area contributed by atoms with E-state index in [2.05, 4.69) is 10.6 Å². The van der Waals surface area contributed by atoms with E-state index in [4.69, 9.17) is 15.9 Å². The Kier molecular flexibility index (Phi) is 8.93. The van der Waals surface area contributed by atoms with Crippen LogP contribution in [0, 0.1) is 0 Å². The fourth-order valence-electron chi connectivity index (χ4n) is 1.26. The second-order valence-electron chi connectivity index (χ2n) is 4.21. The maximum Gasteiger partial charge on any atom is 0.326 e. The summed E-state index contributed by atoms with van der Waals surface area (Å²) in [5.74, 6) is -1.96. The molecule has 0 aliphatic rings. The minimum Gasteiger partial charge on any atom is -0.480 e. The molecule has 9 heteroatoms. The van der Waals surface area contributed by atoms with Gasteiger partial charge in [0.15, 0.2) is 0 Å². The van der Waals surface area contributed by atoms with Crippen LogP contribution in [0.5, 0.6) is 0 Å². The van der Waals surface area contributed by atoms with E-state index in [1.165, 1.54) is 18.7 Å². The Bertz CT molecular complexity index is 351. The molecule has 8 nitrogen and oxygen atoms in total. The first-order chi connectivity index (χ1) is 9.33. The molecule has 0 aliphatic carbocycles. The van der Waals surface area contributed by atoms with Gasteiger partial charge in [0.2, 0.25) is 11.8 Å². The number of carboxylic acid groups (broad SMARTS) is 1. The number of amides is 2. The SMILES string of the molecule is CSCCC(NC(=O)C(CO)NC(=O)C(C)N)C(=O)O. The van der Waals surface area contributed by atoms with Crippen molar-refractivity contribution in [1.82, 2.24) is 10.6 Å². The molecule has 0 fully saturated rings. The second kappa shape index (κ2) is 9.56. The fourth-order valence-corrected chi connectivity index (χ4v) is 1.73. The van der Waals surface area contributed by atoms with E-state index in [-0.39, 0.29) is 6.42 Å². The summed E-state index contributed by atoms with van der Waals surface area (Å²) in [7, 11) is 0. The van der Waals surface area contributed by atoms with Gasteiger partial charge in [-0.25, -0.2) is 4.79 Å². The van der Waals surface area contributed by atoms with E-state index in [0.29, 0.717) is 5.75 Å². The van der Waals surface area contributed by atoms with Crippen LogP contribution in [-0.4, -0.2) is 64.7 Å². The Labute approximate surface area is 121 Å². The number of aliphatic hydroxyl groups is 1. The van der Waals surface area contributed by atoms with Crippen LogP contribution >= 0.6 is 11.8 Å². The highest BCUT2D eigenvalue weighted by molar-refractivity contribution is 7.98. The quantitative estimate of drug-likeness (QED) is 0.336. The van der Waals surface area contributed by atoms with Crippen LogP contribution < -0.4 is 16.4 Å². The molecule has 0 aliphatic heterocycles. The third-order valence-electron chi connectivity index (χ3n) is 2.45. The van der Waals surface area contributed by atoms with E-state index >= 15 is 0 Å². The van der Waals surface area contributed by atoms with Crippen molar-refractivity contribution in [1.29, 1.82) is 0 Å². The van der Waals surface area contributed by atoms with Crippen molar-refractivity contribution >= 4 is 29.5 Å². The average molecular weight is 307 g/mol. The van der Waals surface area contributed by atoms with Crippen molar-refractivity contribution in [2.24, 2.45) is 5.73 Å². The van der Waals surface area contributed by atoms with E-state index in [0.717, 1.165) is 0 Å². The van der Waals surface area contributed by atoms with E-state index < -0.39 is 42.5 Å². The highest BCUT2D eigenvalue weighted by Gasteiger charge is 2.26. The fraction of sp³-hybridized carbons (Fsp3) is 0.727. The number of carboxylic acids is 1. The molecule has 0 aromatic rings. The highest BCUT2D eigenvalue weighted by atomic mass is 32.2. The number of carbonyl (C=O) groups excluding carboxylic acids is 2. The van der Waals surface area contributed by atoms with Gasteiger partial charge in [-0.1, -0.05) is 0 Å². The molecule has 0 rings (SSSR count). The lowest BCUT2D eigenvalue weighted by Gasteiger charge is -2.20. The van der Waals surface area contributed by atoms with Gasteiger partial charge in [-0.3, -0.25) is 9.59 Å². The molecule has 0 bridgehead atoms. The zero-order chi connectivity index (χ0) is 15.7. The van der Waals surface area contributed by atoms with Gasteiger partial charge in [0.1, 0.15) is 12.1 Å².